The van der Waals surface area contributed by atoms with Crippen molar-refractivity contribution in [3.63, 3.8) is 0 Å². The minimum Gasteiger partial charge on any atom is -0.472 e. The lowest BCUT2D eigenvalue weighted by Gasteiger charge is -2.06. The Bertz CT molecular complexity index is 419. The molecule has 0 aromatic carbocycles. The smallest absolute Gasteiger partial charge is 0.159 e. The van der Waals surface area contributed by atoms with Gasteiger partial charge in [-0.05, 0) is 23.1 Å². The van der Waals surface area contributed by atoms with Crippen LogP contribution in [0.1, 0.15) is 16.5 Å². The lowest BCUT2D eigenvalue weighted by Crippen LogP contribution is -2.21. The van der Waals surface area contributed by atoms with Gasteiger partial charge in [-0.15, -0.1) is 11.3 Å². The van der Waals surface area contributed by atoms with Crippen LogP contribution in [0.25, 0.3) is 0 Å². The summed E-state index contributed by atoms with van der Waals surface area (Å²) in [4.78, 5) is 12.7. The maximum absolute atomic E-state index is 11.7. The molecule has 4 heteroatoms. The third kappa shape index (κ3) is 2.34. The average molecular weight is 221 g/mol. The number of hydrogen-bond acceptors (Lipinski definition) is 4. The normalized spacial score (nSPS) is 12.6. The zero-order valence-electron chi connectivity index (χ0n) is 8.05. The van der Waals surface area contributed by atoms with Crippen molar-refractivity contribution in [3.05, 3.63) is 46.5 Å². The van der Waals surface area contributed by atoms with Crippen LogP contribution in [0.2, 0.25) is 0 Å². The van der Waals surface area contributed by atoms with Gasteiger partial charge in [0.15, 0.2) is 5.78 Å². The predicted molar refractivity (Wildman–Crippen MR) is 58.7 cm³/mol. The Morgan fingerprint density at radius 1 is 1.53 bits per heavy atom. The highest BCUT2D eigenvalue weighted by Gasteiger charge is 2.17. The number of furan rings is 1. The van der Waals surface area contributed by atoms with Crippen molar-refractivity contribution in [2.45, 2.75) is 12.5 Å². The van der Waals surface area contributed by atoms with Gasteiger partial charge in [0.25, 0.3) is 0 Å². The van der Waals surface area contributed by atoms with E-state index in [9.17, 15) is 4.79 Å². The number of hydrogen-bond donors (Lipinski definition) is 1. The van der Waals surface area contributed by atoms with Crippen LogP contribution in [-0.4, -0.2) is 5.78 Å². The summed E-state index contributed by atoms with van der Waals surface area (Å²) in [5, 5.41) is 1.92. The molecule has 0 saturated heterocycles. The first-order valence-electron chi connectivity index (χ1n) is 4.60. The van der Waals surface area contributed by atoms with Crippen LogP contribution < -0.4 is 5.73 Å². The molecule has 78 valence electrons. The van der Waals surface area contributed by atoms with Crippen molar-refractivity contribution >= 4 is 17.1 Å². The van der Waals surface area contributed by atoms with Crippen molar-refractivity contribution in [2.75, 3.05) is 0 Å². The third-order valence-corrected chi connectivity index (χ3v) is 3.11. The van der Waals surface area contributed by atoms with Gasteiger partial charge in [-0.3, -0.25) is 4.79 Å². The maximum Gasteiger partial charge on any atom is 0.159 e. The Kier molecular flexibility index (Phi) is 2.99. The molecule has 3 nitrogen and oxygen atoms in total. The zero-order chi connectivity index (χ0) is 10.7. The number of rotatable bonds is 4. The molecule has 0 bridgehead atoms. The van der Waals surface area contributed by atoms with E-state index >= 15 is 0 Å². The molecule has 0 amide bonds. The van der Waals surface area contributed by atoms with E-state index < -0.39 is 6.04 Å². The van der Waals surface area contributed by atoms with E-state index in [0.29, 0.717) is 6.42 Å². The second-order valence-corrected chi connectivity index (χ2v) is 4.25. The van der Waals surface area contributed by atoms with Crippen molar-refractivity contribution in [1.29, 1.82) is 0 Å². The van der Waals surface area contributed by atoms with Gasteiger partial charge in [0.2, 0.25) is 0 Å². The van der Waals surface area contributed by atoms with Gasteiger partial charge in [-0.2, -0.15) is 0 Å². The van der Waals surface area contributed by atoms with E-state index in [1.165, 1.54) is 11.3 Å². The molecule has 2 rings (SSSR count). The van der Waals surface area contributed by atoms with Crippen LogP contribution in [0, 0.1) is 0 Å². The molecule has 0 aliphatic carbocycles. The summed E-state index contributed by atoms with van der Waals surface area (Å²) in [5.74, 6) is 0.0128. The molecule has 2 heterocycles. The molecule has 0 aliphatic heterocycles. The molecule has 15 heavy (non-hydrogen) atoms. The zero-order valence-corrected chi connectivity index (χ0v) is 8.87. The molecule has 1 unspecified atom stereocenters. The minimum atomic E-state index is -0.514. The summed E-state index contributed by atoms with van der Waals surface area (Å²) >= 11 is 1.50. The fourth-order valence-electron chi connectivity index (χ4n) is 1.33. The van der Waals surface area contributed by atoms with Gasteiger partial charge in [0, 0.05) is 11.3 Å². The molecule has 2 N–H and O–H groups in total. The summed E-state index contributed by atoms with van der Waals surface area (Å²) < 4.78 is 4.90. The summed E-state index contributed by atoms with van der Waals surface area (Å²) in [6, 6.07) is 5.03. The second-order valence-electron chi connectivity index (χ2n) is 3.27. The van der Waals surface area contributed by atoms with Crippen LogP contribution in [0.4, 0.5) is 0 Å². The van der Waals surface area contributed by atoms with Crippen molar-refractivity contribution in [3.8, 4) is 0 Å². The van der Waals surface area contributed by atoms with Crippen molar-refractivity contribution in [1.82, 2.24) is 0 Å². The van der Waals surface area contributed by atoms with Crippen LogP contribution >= 0.6 is 11.3 Å². The molecule has 2 aromatic rings. The Morgan fingerprint density at radius 2 is 2.40 bits per heavy atom. The Balaban J connectivity index is 2.03. The lowest BCUT2D eigenvalue weighted by molar-refractivity contribution is -0.119. The first kappa shape index (κ1) is 10.1. The van der Waals surface area contributed by atoms with E-state index in [2.05, 4.69) is 0 Å². The summed E-state index contributed by atoms with van der Waals surface area (Å²) in [5.41, 5.74) is 6.70. The molecule has 0 radical (unpaired) electrons. The molecule has 2 aromatic heterocycles. The number of Topliss-reactive ketones (excluding diaryl/α,β-unsaturated/α-hetero) is 1. The number of carbonyl (C=O) groups excluding carboxylic acids is 1. The van der Waals surface area contributed by atoms with E-state index in [0.717, 1.165) is 10.4 Å². The molecule has 0 spiro atoms. The quantitative estimate of drug-likeness (QED) is 0.860. The van der Waals surface area contributed by atoms with Gasteiger partial charge in [-0.1, -0.05) is 6.07 Å². The van der Waals surface area contributed by atoms with Gasteiger partial charge < -0.3 is 10.2 Å². The SMILES string of the molecule is NC(C(=O)Cc1ccoc1)c1cccs1. The summed E-state index contributed by atoms with van der Waals surface area (Å²) in [6.45, 7) is 0. The highest BCUT2D eigenvalue weighted by molar-refractivity contribution is 7.10. The van der Waals surface area contributed by atoms with E-state index in [1.54, 1.807) is 18.6 Å². The Hall–Kier alpha value is -1.39. The molecule has 0 aliphatic rings. The lowest BCUT2D eigenvalue weighted by atomic mass is 10.1. The summed E-state index contributed by atoms with van der Waals surface area (Å²) in [6.07, 6.45) is 3.45. The van der Waals surface area contributed by atoms with Crippen LogP contribution in [0.15, 0.2) is 40.5 Å². The molecule has 1 atom stereocenters. The van der Waals surface area contributed by atoms with Gasteiger partial charge >= 0.3 is 0 Å². The highest BCUT2D eigenvalue weighted by Crippen LogP contribution is 2.19. The van der Waals surface area contributed by atoms with E-state index in [-0.39, 0.29) is 5.78 Å². The topological polar surface area (TPSA) is 56.2 Å². The minimum absolute atomic E-state index is 0.0128. The highest BCUT2D eigenvalue weighted by atomic mass is 32.1. The van der Waals surface area contributed by atoms with Crippen LogP contribution in [0.3, 0.4) is 0 Å². The molecule has 0 saturated carbocycles. The average Bonchev–Trinajstić information content (AvgIpc) is 2.88. The predicted octanol–water partition coefficient (Wildman–Crippen LogP) is 2.15. The monoisotopic (exact) mass is 221 g/mol. The number of thiophene rings is 1. The largest absolute Gasteiger partial charge is 0.472 e. The fraction of sp³-hybridized carbons (Fsp3) is 0.182. The fourth-order valence-corrected chi connectivity index (χ4v) is 2.08. The van der Waals surface area contributed by atoms with E-state index in [4.69, 9.17) is 10.2 Å². The summed E-state index contributed by atoms with van der Waals surface area (Å²) in [7, 11) is 0. The van der Waals surface area contributed by atoms with Crippen molar-refractivity contribution < 1.29 is 9.21 Å². The first-order valence-corrected chi connectivity index (χ1v) is 5.48. The first-order chi connectivity index (χ1) is 7.27. The number of nitrogens with two attached hydrogens (primary N) is 1. The van der Waals surface area contributed by atoms with E-state index in [1.807, 2.05) is 17.5 Å². The van der Waals surface area contributed by atoms with Gasteiger partial charge in [0.05, 0.1) is 18.6 Å². The number of ketones is 1. The van der Waals surface area contributed by atoms with Gasteiger partial charge in [-0.25, -0.2) is 0 Å². The Labute approximate surface area is 91.5 Å². The third-order valence-electron chi connectivity index (χ3n) is 2.16. The molecular formula is C11H11NO2S. The molecular weight excluding hydrogens is 210 g/mol. The molecule has 0 fully saturated rings. The Morgan fingerprint density at radius 3 is 3.00 bits per heavy atom. The van der Waals surface area contributed by atoms with Gasteiger partial charge in [0.1, 0.15) is 0 Å². The van der Waals surface area contributed by atoms with Crippen LogP contribution in [-0.2, 0) is 11.2 Å². The maximum atomic E-state index is 11.7. The van der Waals surface area contributed by atoms with Crippen LogP contribution in [0.5, 0.6) is 0 Å². The second kappa shape index (κ2) is 4.42. The standard InChI is InChI=1S/C11H11NO2S/c12-11(10-2-1-5-15-10)9(13)6-8-3-4-14-7-8/h1-5,7,11H,6,12H2. The van der Waals surface area contributed by atoms with Crippen molar-refractivity contribution in [2.24, 2.45) is 5.73 Å². The number of carbonyl (C=O) groups is 1.